The average molecular weight is 256 g/mol. The van der Waals surface area contributed by atoms with E-state index in [1.54, 1.807) is 0 Å². The fourth-order valence-electron chi connectivity index (χ4n) is 1.72. The normalized spacial score (nSPS) is 22.4. The van der Waals surface area contributed by atoms with Crippen LogP contribution >= 0.6 is 15.9 Å². The monoisotopic (exact) mass is 255 g/mol. The maximum Gasteiger partial charge on any atom is 0.122 e. The maximum atomic E-state index is 5.87. The Morgan fingerprint density at radius 1 is 1.57 bits per heavy atom. The number of halogens is 1. The van der Waals surface area contributed by atoms with Crippen molar-refractivity contribution in [3.05, 3.63) is 28.2 Å². The fourth-order valence-corrected chi connectivity index (χ4v) is 2.13. The summed E-state index contributed by atoms with van der Waals surface area (Å²) in [6.07, 6.45) is 1.02. The first-order chi connectivity index (χ1) is 6.66. The minimum absolute atomic E-state index is 0.196. The van der Waals surface area contributed by atoms with Gasteiger partial charge in [0.1, 0.15) is 5.75 Å². The standard InChI is InChI=1S/C11H14BrNO/c1-7(13)9-4-8-5-10(12)2-3-11(8)14-6-9/h2-3,5,7,9H,4,6,13H2,1H3/t7-,9?/m1/s1. The van der Waals surface area contributed by atoms with E-state index < -0.39 is 0 Å². The fraction of sp³-hybridized carbons (Fsp3) is 0.455. The molecule has 1 heterocycles. The van der Waals surface area contributed by atoms with Crippen molar-refractivity contribution in [2.75, 3.05) is 6.61 Å². The van der Waals surface area contributed by atoms with Gasteiger partial charge in [0.05, 0.1) is 6.61 Å². The van der Waals surface area contributed by atoms with Crippen molar-refractivity contribution in [2.45, 2.75) is 19.4 Å². The van der Waals surface area contributed by atoms with Crippen LogP contribution < -0.4 is 10.5 Å². The van der Waals surface area contributed by atoms with Crippen LogP contribution in [0.15, 0.2) is 22.7 Å². The third-order valence-corrected chi connectivity index (χ3v) is 3.19. The second-order valence-corrected chi connectivity index (χ2v) is 4.80. The van der Waals surface area contributed by atoms with Gasteiger partial charge < -0.3 is 10.5 Å². The SMILES string of the molecule is C[C@@H](N)C1COc2ccc(Br)cc2C1. The lowest BCUT2D eigenvalue weighted by Gasteiger charge is -2.27. The third-order valence-electron chi connectivity index (χ3n) is 2.70. The van der Waals surface area contributed by atoms with E-state index in [2.05, 4.69) is 22.0 Å². The van der Waals surface area contributed by atoms with Gasteiger partial charge in [-0.05, 0) is 37.1 Å². The molecule has 0 radical (unpaired) electrons. The lowest BCUT2D eigenvalue weighted by Crippen LogP contribution is -2.35. The van der Waals surface area contributed by atoms with E-state index in [0.29, 0.717) is 5.92 Å². The first-order valence-electron chi connectivity index (χ1n) is 4.83. The number of nitrogens with two attached hydrogens (primary N) is 1. The highest BCUT2D eigenvalue weighted by Gasteiger charge is 2.22. The van der Waals surface area contributed by atoms with Gasteiger partial charge in [0.15, 0.2) is 0 Å². The minimum atomic E-state index is 0.196. The van der Waals surface area contributed by atoms with Crippen molar-refractivity contribution in [1.29, 1.82) is 0 Å². The van der Waals surface area contributed by atoms with Gasteiger partial charge in [-0.1, -0.05) is 15.9 Å². The number of hydrogen-bond donors (Lipinski definition) is 1. The van der Waals surface area contributed by atoms with Crippen LogP contribution in [-0.4, -0.2) is 12.6 Å². The Morgan fingerprint density at radius 3 is 3.07 bits per heavy atom. The van der Waals surface area contributed by atoms with E-state index in [1.807, 2.05) is 19.1 Å². The molecule has 14 heavy (non-hydrogen) atoms. The molecule has 1 aromatic carbocycles. The van der Waals surface area contributed by atoms with Gasteiger partial charge in [-0.25, -0.2) is 0 Å². The van der Waals surface area contributed by atoms with Crippen molar-refractivity contribution in [3.8, 4) is 5.75 Å². The highest BCUT2D eigenvalue weighted by atomic mass is 79.9. The first-order valence-corrected chi connectivity index (χ1v) is 5.63. The molecule has 1 aliphatic rings. The molecule has 3 heteroatoms. The summed E-state index contributed by atoms with van der Waals surface area (Å²) in [4.78, 5) is 0. The number of hydrogen-bond acceptors (Lipinski definition) is 2. The van der Waals surface area contributed by atoms with Crippen molar-refractivity contribution >= 4 is 15.9 Å². The minimum Gasteiger partial charge on any atom is -0.493 e. The molecule has 0 fully saturated rings. The van der Waals surface area contributed by atoms with E-state index in [9.17, 15) is 0 Å². The summed E-state index contributed by atoms with van der Waals surface area (Å²) in [5, 5.41) is 0. The quantitative estimate of drug-likeness (QED) is 0.837. The van der Waals surface area contributed by atoms with Gasteiger partial charge >= 0.3 is 0 Å². The Hall–Kier alpha value is -0.540. The Labute approximate surface area is 92.6 Å². The highest BCUT2D eigenvalue weighted by Crippen LogP contribution is 2.30. The van der Waals surface area contributed by atoms with Crippen LogP contribution in [0.1, 0.15) is 12.5 Å². The van der Waals surface area contributed by atoms with E-state index in [-0.39, 0.29) is 6.04 Å². The predicted molar refractivity (Wildman–Crippen MR) is 60.5 cm³/mol. The summed E-state index contributed by atoms with van der Waals surface area (Å²) in [7, 11) is 0. The molecule has 2 atom stereocenters. The average Bonchev–Trinajstić information content (AvgIpc) is 2.16. The van der Waals surface area contributed by atoms with Crippen molar-refractivity contribution in [2.24, 2.45) is 11.7 Å². The highest BCUT2D eigenvalue weighted by molar-refractivity contribution is 9.10. The summed E-state index contributed by atoms with van der Waals surface area (Å²) in [6.45, 7) is 2.78. The number of benzene rings is 1. The maximum absolute atomic E-state index is 5.87. The van der Waals surface area contributed by atoms with Crippen LogP contribution in [0, 0.1) is 5.92 Å². The molecular weight excluding hydrogens is 242 g/mol. The van der Waals surface area contributed by atoms with Crippen LogP contribution in [0.25, 0.3) is 0 Å². The summed E-state index contributed by atoms with van der Waals surface area (Å²) in [5.74, 6) is 1.45. The van der Waals surface area contributed by atoms with Gasteiger partial charge in [0, 0.05) is 16.4 Å². The molecule has 0 spiro atoms. The van der Waals surface area contributed by atoms with Crippen LogP contribution in [0.4, 0.5) is 0 Å². The molecule has 0 amide bonds. The zero-order chi connectivity index (χ0) is 10.1. The molecule has 2 nitrogen and oxygen atoms in total. The first kappa shape index (κ1) is 9.99. The molecule has 2 rings (SSSR count). The molecule has 0 saturated carbocycles. The Balaban J connectivity index is 2.24. The number of rotatable bonds is 1. The molecule has 76 valence electrons. The van der Waals surface area contributed by atoms with Gasteiger partial charge in [-0.3, -0.25) is 0 Å². The van der Waals surface area contributed by atoms with Crippen LogP contribution in [0.2, 0.25) is 0 Å². The summed E-state index contributed by atoms with van der Waals surface area (Å²) < 4.78 is 6.75. The molecule has 1 aliphatic heterocycles. The smallest absolute Gasteiger partial charge is 0.122 e. The van der Waals surface area contributed by atoms with E-state index in [1.165, 1.54) is 5.56 Å². The molecule has 0 bridgehead atoms. The molecule has 1 unspecified atom stereocenters. The number of ether oxygens (including phenoxy) is 1. The summed E-state index contributed by atoms with van der Waals surface area (Å²) in [5.41, 5.74) is 7.13. The van der Waals surface area contributed by atoms with Crippen LogP contribution in [-0.2, 0) is 6.42 Å². The number of fused-ring (bicyclic) bond motifs is 1. The molecular formula is C11H14BrNO. The van der Waals surface area contributed by atoms with Crippen LogP contribution in [0.3, 0.4) is 0 Å². The lowest BCUT2D eigenvalue weighted by atomic mass is 9.92. The topological polar surface area (TPSA) is 35.2 Å². The summed E-state index contributed by atoms with van der Waals surface area (Å²) in [6, 6.07) is 6.33. The van der Waals surface area contributed by atoms with E-state index in [0.717, 1.165) is 23.2 Å². The van der Waals surface area contributed by atoms with Gasteiger partial charge in [-0.15, -0.1) is 0 Å². The van der Waals surface area contributed by atoms with Crippen molar-refractivity contribution in [3.63, 3.8) is 0 Å². The van der Waals surface area contributed by atoms with E-state index >= 15 is 0 Å². The zero-order valence-electron chi connectivity index (χ0n) is 8.16. The Morgan fingerprint density at radius 2 is 2.36 bits per heavy atom. The second kappa shape index (κ2) is 3.91. The predicted octanol–water partition coefficient (Wildman–Crippen LogP) is 2.35. The summed E-state index contributed by atoms with van der Waals surface area (Å²) >= 11 is 3.46. The van der Waals surface area contributed by atoms with E-state index in [4.69, 9.17) is 10.5 Å². The molecule has 1 aromatic rings. The second-order valence-electron chi connectivity index (χ2n) is 3.89. The van der Waals surface area contributed by atoms with Crippen LogP contribution in [0.5, 0.6) is 5.75 Å². The van der Waals surface area contributed by atoms with Gasteiger partial charge in [-0.2, -0.15) is 0 Å². The lowest BCUT2D eigenvalue weighted by molar-refractivity contribution is 0.204. The molecule has 0 aromatic heterocycles. The third kappa shape index (κ3) is 1.93. The van der Waals surface area contributed by atoms with Gasteiger partial charge in [0.25, 0.3) is 0 Å². The zero-order valence-corrected chi connectivity index (χ0v) is 9.75. The van der Waals surface area contributed by atoms with Gasteiger partial charge in [0.2, 0.25) is 0 Å². The largest absolute Gasteiger partial charge is 0.493 e. The van der Waals surface area contributed by atoms with Crippen molar-refractivity contribution < 1.29 is 4.74 Å². The Bertz CT molecular complexity index is 338. The Kier molecular flexibility index (Phi) is 2.79. The molecule has 0 aliphatic carbocycles. The molecule has 2 N–H and O–H groups in total. The molecule has 0 saturated heterocycles. The van der Waals surface area contributed by atoms with Crippen molar-refractivity contribution in [1.82, 2.24) is 0 Å².